The molecule has 0 aliphatic carbocycles. The van der Waals surface area contributed by atoms with Crippen molar-refractivity contribution in [2.45, 2.75) is 19.4 Å². The Labute approximate surface area is 80.8 Å². The molecule has 0 amide bonds. The van der Waals surface area contributed by atoms with Crippen molar-refractivity contribution in [2.75, 3.05) is 13.7 Å². The first kappa shape index (κ1) is 10.5. The van der Waals surface area contributed by atoms with Crippen LogP contribution < -0.4 is 0 Å². The molecule has 0 spiro atoms. The molecule has 0 aromatic heterocycles. The minimum atomic E-state index is -0.820. The molecular weight excluding hydrogens is 190 g/mol. The number of carbonyl (C=O) groups is 2. The lowest BCUT2D eigenvalue weighted by molar-refractivity contribution is -0.152. The van der Waals surface area contributed by atoms with Crippen molar-refractivity contribution in [3.8, 4) is 0 Å². The number of rotatable bonds is 3. The number of nitrogens with zero attached hydrogens (tertiary/aromatic N) is 1. The van der Waals surface area contributed by atoms with Gasteiger partial charge in [-0.05, 0) is 6.92 Å². The predicted molar refractivity (Wildman–Crippen MR) is 45.6 cm³/mol. The Balaban J connectivity index is 2.47. The number of hydrogen-bond donors (Lipinski definition) is 0. The first-order valence-corrected chi connectivity index (χ1v) is 4.16. The molecule has 1 unspecified atom stereocenters. The molecular formula is C8H11NO5. The van der Waals surface area contributed by atoms with Crippen molar-refractivity contribution >= 4 is 17.7 Å². The summed E-state index contributed by atoms with van der Waals surface area (Å²) in [7, 11) is 1.24. The Hall–Kier alpha value is -1.59. The fraction of sp³-hybridized carbons (Fsp3) is 0.625. The third-order valence-electron chi connectivity index (χ3n) is 1.64. The second kappa shape index (κ2) is 4.59. The molecule has 0 saturated heterocycles. The van der Waals surface area contributed by atoms with Crippen LogP contribution in [-0.2, 0) is 23.9 Å². The van der Waals surface area contributed by atoms with E-state index >= 15 is 0 Å². The lowest BCUT2D eigenvalue weighted by atomic mass is 10.2. The Bertz CT molecular complexity index is 273. The lowest BCUT2D eigenvalue weighted by Gasteiger charge is -2.03. The molecule has 0 bridgehead atoms. The molecule has 1 aliphatic heterocycles. The van der Waals surface area contributed by atoms with Gasteiger partial charge in [0.15, 0.2) is 5.71 Å². The number of hydrogen-bond acceptors (Lipinski definition) is 6. The molecule has 78 valence electrons. The highest BCUT2D eigenvalue weighted by atomic mass is 16.7. The Morgan fingerprint density at radius 3 is 2.93 bits per heavy atom. The van der Waals surface area contributed by atoms with Gasteiger partial charge in [0.2, 0.25) is 6.10 Å². The second-order valence-corrected chi connectivity index (χ2v) is 2.58. The van der Waals surface area contributed by atoms with E-state index in [1.807, 2.05) is 0 Å². The number of carbonyl (C=O) groups excluding carboxylic acids is 2. The Kier molecular flexibility index (Phi) is 3.44. The van der Waals surface area contributed by atoms with Crippen LogP contribution in [0.25, 0.3) is 0 Å². The van der Waals surface area contributed by atoms with E-state index in [9.17, 15) is 9.59 Å². The normalized spacial score (nSPS) is 19.6. The van der Waals surface area contributed by atoms with Gasteiger partial charge in [-0.1, -0.05) is 5.16 Å². The monoisotopic (exact) mass is 201 g/mol. The van der Waals surface area contributed by atoms with Crippen LogP contribution in [0.2, 0.25) is 0 Å². The smallest absolute Gasteiger partial charge is 0.356 e. The minimum absolute atomic E-state index is 0.103. The molecule has 0 saturated carbocycles. The summed E-state index contributed by atoms with van der Waals surface area (Å²) in [6.45, 7) is 1.95. The van der Waals surface area contributed by atoms with Crippen LogP contribution >= 0.6 is 0 Å². The SMILES string of the molecule is CCOC(=O)C1=NOC(C(=O)OC)C1. The van der Waals surface area contributed by atoms with Crippen LogP contribution in [0.3, 0.4) is 0 Å². The van der Waals surface area contributed by atoms with Crippen molar-refractivity contribution in [1.29, 1.82) is 0 Å². The van der Waals surface area contributed by atoms with Gasteiger partial charge in [-0.25, -0.2) is 9.59 Å². The summed E-state index contributed by atoms with van der Waals surface area (Å²) in [6.07, 6.45) is -0.717. The molecule has 0 aromatic rings. The average molecular weight is 201 g/mol. The van der Waals surface area contributed by atoms with Gasteiger partial charge >= 0.3 is 11.9 Å². The molecule has 1 aliphatic rings. The first-order chi connectivity index (χ1) is 6.69. The van der Waals surface area contributed by atoms with Gasteiger partial charge in [0.25, 0.3) is 0 Å². The molecule has 0 fully saturated rings. The molecule has 1 atom stereocenters. The highest BCUT2D eigenvalue weighted by molar-refractivity contribution is 6.37. The summed E-state index contributed by atoms with van der Waals surface area (Å²) in [5, 5.41) is 3.45. The number of methoxy groups -OCH3 is 1. The average Bonchev–Trinajstić information content (AvgIpc) is 2.66. The second-order valence-electron chi connectivity index (χ2n) is 2.58. The third-order valence-corrected chi connectivity index (χ3v) is 1.64. The van der Waals surface area contributed by atoms with Gasteiger partial charge in [0, 0.05) is 0 Å². The molecule has 6 nitrogen and oxygen atoms in total. The fourth-order valence-electron chi connectivity index (χ4n) is 0.970. The summed E-state index contributed by atoms with van der Waals surface area (Å²) in [4.78, 5) is 26.8. The zero-order valence-electron chi connectivity index (χ0n) is 7.98. The van der Waals surface area contributed by atoms with Gasteiger partial charge in [-0.3, -0.25) is 0 Å². The largest absolute Gasteiger partial charge is 0.466 e. The summed E-state index contributed by atoms with van der Waals surface area (Å²) in [6, 6.07) is 0. The topological polar surface area (TPSA) is 74.2 Å². The van der Waals surface area contributed by atoms with Crippen LogP contribution in [0.4, 0.5) is 0 Å². The molecule has 0 radical (unpaired) electrons. The molecule has 6 heteroatoms. The first-order valence-electron chi connectivity index (χ1n) is 4.16. The number of oxime groups is 1. The predicted octanol–water partition coefficient (Wildman–Crippen LogP) is -0.133. The highest BCUT2D eigenvalue weighted by Gasteiger charge is 2.32. The van der Waals surface area contributed by atoms with Gasteiger partial charge in [0.05, 0.1) is 20.1 Å². The molecule has 0 N–H and O–H groups in total. The summed E-state index contributed by atoms with van der Waals surface area (Å²) >= 11 is 0. The van der Waals surface area contributed by atoms with E-state index in [-0.39, 0.29) is 18.7 Å². The molecule has 1 rings (SSSR count). The zero-order chi connectivity index (χ0) is 10.6. The standard InChI is InChI=1S/C8H11NO5/c1-3-13-7(10)5-4-6(14-9-5)8(11)12-2/h6H,3-4H2,1-2H3. The van der Waals surface area contributed by atoms with E-state index in [4.69, 9.17) is 4.84 Å². The maximum atomic E-state index is 11.1. The Morgan fingerprint density at radius 1 is 1.64 bits per heavy atom. The van der Waals surface area contributed by atoms with Crippen LogP contribution in [0.1, 0.15) is 13.3 Å². The van der Waals surface area contributed by atoms with Crippen LogP contribution in [0, 0.1) is 0 Å². The lowest BCUT2D eigenvalue weighted by Crippen LogP contribution is -2.24. The zero-order valence-corrected chi connectivity index (χ0v) is 7.98. The van der Waals surface area contributed by atoms with E-state index in [0.717, 1.165) is 0 Å². The van der Waals surface area contributed by atoms with Gasteiger partial charge in [0.1, 0.15) is 0 Å². The van der Waals surface area contributed by atoms with Gasteiger partial charge in [-0.15, -0.1) is 0 Å². The van der Waals surface area contributed by atoms with Crippen molar-refractivity contribution < 1.29 is 23.9 Å². The van der Waals surface area contributed by atoms with E-state index in [2.05, 4.69) is 14.6 Å². The van der Waals surface area contributed by atoms with Crippen molar-refractivity contribution in [2.24, 2.45) is 5.16 Å². The van der Waals surface area contributed by atoms with Crippen molar-refractivity contribution in [1.82, 2.24) is 0 Å². The summed E-state index contributed by atoms with van der Waals surface area (Å²) < 4.78 is 9.12. The van der Waals surface area contributed by atoms with Gasteiger partial charge in [-0.2, -0.15) is 0 Å². The minimum Gasteiger partial charge on any atom is -0.466 e. The molecule has 1 heterocycles. The van der Waals surface area contributed by atoms with Crippen LogP contribution in [-0.4, -0.2) is 37.5 Å². The summed E-state index contributed by atoms with van der Waals surface area (Å²) in [5.41, 5.74) is 0.113. The van der Waals surface area contributed by atoms with E-state index in [1.165, 1.54) is 7.11 Å². The fourth-order valence-corrected chi connectivity index (χ4v) is 0.970. The maximum absolute atomic E-state index is 11.1. The summed E-state index contributed by atoms with van der Waals surface area (Å²) in [5.74, 6) is -1.10. The van der Waals surface area contributed by atoms with Crippen LogP contribution in [0.15, 0.2) is 5.16 Å². The molecule has 14 heavy (non-hydrogen) atoms. The quantitative estimate of drug-likeness (QED) is 0.594. The van der Waals surface area contributed by atoms with E-state index in [1.54, 1.807) is 6.92 Å². The number of esters is 2. The van der Waals surface area contributed by atoms with Crippen molar-refractivity contribution in [3.05, 3.63) is 0 Å². The molecule has 0 aromatic carbocycles. The third kappa shape index (κ3) is 2.21. The van der Waals surface area contributed by atoms with E-state index < -0.39 is 18.0 Å². The highest BCUT2D eigenvalue weighted by Crippen LogP contribution is 2.12. The van der Waals surface area contributed by atoms with Crippen molar-refractivity contribution in [3.63, 3.8) is 0 Å². The van der Waals surface area contributed by atoms with Crippen LogP contribution in [0.5, 0.6) is 0 Å². The maximum Gasteiger partial charge on any atom is 0.356 e. The van der Waals surface area contributed by atoms with Gasteiger partial charge < -0.3 is 14.3 Å². The Morgan fingerprint density at radius 2 is 2.36 bits per heavy atom. The van der Waals surface area contributed by atoms with E-state index in [0.29, 0.717) is 0 Å². The number of ether oxygens (including phenoxy) is 2.